The minimum Gasteiger partial charge on any atom is -0.465 e. The maximum atomic E-state index is 13.4. The Bertz CT molecular complexity index is 887. The van der Waals surface area contributed by atoms with Crippen LogP contribution in [0.2, 0.25) is 0 Å². The standard InChI is InChI=1S/C24H27NO5/c1-3-29-23(27)24(14-16-10-6-4-7-11-16)18-15-30-22(28-2)21(26)19(18)20(25-24)17-12-8-5-9-13-17/h4-13,18-20,22,25H,3,14-15H2,1-2H3/t18?,19?,20-,22+,24-/m1/s1. The molecule has 0 aromatic heterocycles. The van der Waals surface area contributed by atoms with Crippen LogP contribution in [0.5, 0.6) is 0 Å². The summed E-state index contributed by atoms with van der Waals surface area (Å²) in [4.78, 5) is 26.7. The molecule has 0 spiro atoms. The van der Waals surface area contributed by atoms with E-state index in [1.165, 1.54) is 7.11 Å². The SMILES string of the molecule is CCOC(=O)[C@]1(Cc2ccccc2)N[C@H](c2ccccc2)C2C(=O)[C@@H](OC)OCC21. The fourth-order valence-corrected chi connectivity index (χ4v) is 4.83. The summed E-state index contributed by atoms with van der Waals surface area (Å²) < 4.78 is 16.5. The van der Waals surface area contributed by atoms with Gasteiger partial charge in [0.15, 0.2) is 5.78 Å². The highest BCUT2D eigenvalue weighted by Gasteiger charge is 2.63. The molecule has 2 unspecified atom stereocenters. The van der Waals surface area contributed by atoms with Crippen molar-refractivity contribution in [3.63, 3.8) is 0 Å². The molecule has 5 atom stereocenters. The van der Waals surface area contributed by atoms with Crippen molar-refractivity contribution in [2.24, 2.45) is 11.8 Å². The molecule has 158 valence electrons. The van der Waals surface area contributed by atoms with Gasteiger partial charge in [-0.15, -0.1) is 0 Å². The minimum absolute atomic E-state index is 0.144. The number of carbonyl (C=O) groups excluding carboxylic acids is 2. The van der Waals surface area contributed by atoms with E-state index in [0.29, 0.717) is 6.42 Å². The highest BCUT2D eigenvalue weighted by molar-refractivity contribution is 5.91. The number of carbonyl (C=O) groups is 2. The molecule has 6 heteroatoms. The lowest BCUT2D eigenvalue weighted by atomic mass is 9.72. The van der Waals surface area contributed by atoms with Gasteiger partial charge in [0.1, 0.15) is 5.54 Å². The third-order valence-electron chi connectivity index (χ3n) is 6.16. The summed E-state index contributed by atoms with van der Waals surface area (Å²) >= 11 is 0. The van der Waals surface area contributed by atoms with Gasteiger partial charge in [-0.2, -0.15) is 0 Å². The van der Waals surface area contributed by atoms with Crippen LogP contribution >= 0.6 is 0 Å². The third kappa shape index (κ3) is 3.55. The minimum atomic E-state index is -1.07. The van der Waals surface area contributed by atoms with Crippen LogP contribution in [0.1, 0.15) is 24.1 Å². The molecular formula is C24H27NO5. The molecule has 2 saturated heterocycles. The summed E-state index contributed by atoms with van der Waals surface area (Å²) in [6, 6.07) is 19.2. The molecule has 30 heavy (non-hydrogen) atoms. The number of ether oxygens (including phenoxy) is 3. The second-order valence-electron chi connectivity index (χ2n) is 7.82. The summed E-state index contributed by atoms with van der Waals surface area (Å²) in [6.07, 6.45) is -0.514. The molecule has 6 nitrogen and oxygen atoms in total. The van der Waals surface area contributed by atoms with Crippen LogP contribution in [-0.4, -0.2) is 43.9 Å². The van der Waals surface area contributed by atoms with Gasteiger partial charge >= 0.3 is 5.97 Å². The Kier molecular flexibility index (Phi) is 5.99. The van der Waals surface area contributed by atoms with Crippen molar-refractivity contribution in [2.45, 2.75) is 31.2 Å². The van der Waals surface area contributed by atoms with Gasteiger partial charge in [0.05, 0.1) is 13.2 Å². The molecule has 2 aliphatic heterocycles. The van der Waals surface area contributed by atoms with Crippen molar-refractivity contribution in [3.05, 3.63) is 71.8 Å². The number of benzene rings is 2. The Morgan fingerprint density at radius 2 is 1.80 bits per heavy atom. The Hall–Kier alpha value is -2.54. The molecular weight excluding hydrogens is 382 g/mol. The Labute approximate surface area is 176 Å². The van der Waals surface area contributed by atoms with Crippen molar-refractivity contribution in [2.75, 3.05) is 20.3 Å². The maximum absolute atomic E-state index is 13.4. The predicted molar refractivity (Wildman–Crippen MR) is 111 cm³/mol. The average Bonchev–Trinajstić information content (AvgIpc) is 3.12. The van der Waals surface area contributed by atoms with Crippen LogP contribution in [0.3, 0.4) is 0 Å². The number of fused-ring (bicyclic) bond motifs is 1. The second kappa shape index (κ2) is 8.68. The second-order valence-corrected chi connectivity index (χ2v) is 7.82. The van der Waals surface area contributed by atoms with Gasteiger partial charge in [0.25, 0.3) is 0 Å². The normalized spacial score (nSPS) is 30.7. The third-order valence-corrected chi connectivity index (χ3v) is 6.16. The monoisotopic (exact) mass is 409 g/mol. The number of Topliss-reactive ketones (excluding diaryl/α,β-unsaturated/α-hetero) is 1. The van der Waals surface area contributed by atoms with E-state index in [4.69, 9.17) is 14.2 Å². The zero-order valence-corrected chi connectivity index (χ0v) is 17.2. The Morgan fingerprint density at radius 3 is 2.43 bits per heavy atom. The van der Waals surface area contributed by atoms with Crippen molar-refractivity contribution >= 4 is 11.8 Å². The predicted octanol–water partition coefficient (Wildman–Crippen LogP) is 2.68. The molecule has 0 radical (unpaired) electrons. The number of rotatable bonds is 6. The molecule has 1 N–H and O–H groups in total. The average molecular weight is 409 g/mol. The first-order valence-electron chi connectivity index (χ1n) is 10.3. The molecule has 2 aromatic rings. The van der Waals surface area contributed by atoms with Gasteiger partial charge in [0.2, 0.25) is 6.29 Å². The van der Waals surface area contributed by atoms with E-state index in [-0.39, 0.29) is 36.9 Å². The molecule has 2 aromatic carbocycles. The molecule has 4 rings (SSSR count). The lowest BCUT2D eigenvalue weighted by Gasteiger charge is -2.38. The zero-order valence-electron chi connectivity index (χ0n) is 17.2. The number of methoxy groups -OCH3 is 1. The van der Waals surface area contributed by atoms with Crippen LogP contribution in [0, 0.1) is 11.8 Å². The van der Waals surface area contributed by atoms with Crippen LogP contribution in [0.15, 0.2) is 60.7 Å². The number of hydrogen-bond donors (Lipinski definition) is 1. The number of ketones is 1. The highest BCUT2D eigenvalue weighted by atomic mass is 16.7. The van der Waals surface area contributed by atoms with Crippen molar-refractivity contribution in [1.82, 2.24) is 5.32 Å². The van der Waals surface area contributed by atoms with Crippen LogP contribution < -0.4 is 5.32 Å². The number of nitrogens with one attached hydrogen (secondary N) is 1. The van der Waals surface area contributed by atoms with Crippen molar-refractivity contribution in [3.8, 4) is 0 Å². The van der Waals surface area contributed by atoms with Crippen LogP contribution in [-0.2, 0) is 30.2 Å². The summed E-state index contributed by atoms with van der Waals surface area (Å²) in [5, 5.41) is 3.54. The summed E-state index contributed by atoms with van der Waals surface area (Å²) in [5.74, 6) is -1.33. The first-order valence-corrected chi connectivity index (χ1v) is 10.3. The number of hydrogen-bond acceptors (Lipinski definition) is 6. The molecule has 2 heterocycles. The summed E-state index contributed by atoms with van der Waals surface area (Å²) in [5.41, 5.74) is 0.875. The van der Waals surface area contributed by atoms with Crippen LogP contribution in [0.4, 0.5) is 0 Å². The first-order chi connectivity index (χ1) is 14.6. The van der Waals surface area contributed by atoms with Crippen LogP contribution in [0.25, 0.3) is 0 Å². The van der Waals surface area contributed by atoms with Crippen molar-refractivity contribution < 1.29 is 23.8 Å². The van der Waals surface area contributed by atoms with Gasteiger partial charge in [-0.25, -0.2) is 0 Å². The molecule has 2 aliphatic rings. The lowest BCUT2D eigenvalue weighted by molar-refractivity contribution is -0.190. The smallest absolute Gasteiger partial charge is 0.327 e. The quantitative estimate of drug-likeness (QED) is 0.740. The van der Waals surface area contributed by atoms with E-state index >= 15 is 0 Å². The first kappa shape index (κ1) is 20.7. The largest absolute Gasteiger partial charge is 0.465 e. The van der Waals surface area contributed by atoms with Gasteiger partial charge < -0.3 is 14.2 Å². The zero-order chi connectivity index (χ0) is 21.1. The molecule has 0 aliphatic carbocycles. The lowest BCUT2D eigenvalue weighted by Crippen LogP contribution is -2.58. The highest BCUT2D eigenvalue weighted by Crippen LogP contribution is 2.48. The van der Waals surface area contributed by atoms with Gasteiger partial charge in [0, 0.05) is 31.4 Å². The van der Waals surface area contributed by atoms with Crippen molar-refractivity contribution in [1.29, 1.82) is 0 Å². The molecule has 2 fully saturated rings. The Morgan fingerprint density at radius 1 is 1.13 bits per heavy atom. The fourth-order valence-electron chi connectivity index (χ4n) is 4.83. The van der Waals surface area contributed by atoms with E-state index in [1.54, 1.807) is 6.92 Å². The topological polar surface area (TPSA) is 73.9 Å². The van der Waals surface area contributed by atoms with E-state index in [0.717, 1.165) is 11.1 Å². The van der Waals surface area contributed by atoms with E-state index in [1.807, 2.05) is 60.7 Å². The summed E-state index contributed by atoms with van der Waals surface area (Å²) in [6.45, 7) is 2.29. The van der Waals surface area contributed by atoms with E-state index in [9.17, 15) is 9.59 Å². The molecule has 0 bridgehead atoms. The summed E-state index contributed by atoms with van der Waals surface area (Å²) in [7, 11) is 1.46. The fraction of sp³-hybridized carbons (Fsp3) is 0.417. The Balaban J connectivity index is 1.81. The van der Waals surface area contributed by atoms with Gasteiger partial charge in [-0.1, -0.05) is 60.7 Å². The van der Waals surface area contributed by atoms with E-state index in [2.05, 4.69) is 5.32 Å². The molecule has 0 saturated carbocycles. The molecule has 0 amide bonds. The number of esters is 1. The maximum Gasteiger partial charge on any atom is 0.327 e. The van der Waals surface area contributed by atoms with Gasteiger partial charge in [-0.3, -0.25) is 14.9 Å². The van der Waals surface area contributed by atoms with E-state index < -0.39 is 17.7 Å². The van der Waals surface area contributed by atoms with Gasteiger partial charge in [-0.05, 0) is 18.1 Å².